The first kappa shape index (κ1) is 18.1. The molecule has 0 fully saturated rings. The number of methoxy groups -OCH3 is 1. The van der Waals surface area contributed by atoms with Crippen molar-refractivity contribution < 1.29 is 9.47 Å². The monoisotopic (exact) mass is 307 g/mol. The van der Waals surface area contributed by atoms with Gasteiger partial charge in [-0.1, -0.05) is 13.8 Å². The van der Waals surface area contributed by atoms with Crippen molar-refractivity contribution in [3.8, 4) is 11.5 Å². The summed E-state index contributed by atoms with van der Waals surface area (Å²) >= 11 is 0. The number of hydrogen-bond acceptors (Lipinski definition) is 3. The van der Waals surface area contributed by atoms with Crippen molar-refractivity contribution in [2.24, 2.45) is 10.9 Å². The summed E-state index contributed by atoms with van der Waals surface area (Å²) < 4.78 is 11.0. The SMILES string of the molecule is CN=C(NCC(C)Oc1ccc(OC)cc1)NC(C)C(C)C. The average molecular weight is 307 g/mol. The van der Waals surface area contributed by atoms with E-state index in [1.54, 1.807) is 14.2 Å². The molecule has 2 atom stereocenters. The number of benzene rings is 1. The molecule has 0 spiro atoms. The second-order valence-corrected chi connectivity index (χ2v) is 5.73. The largest absolute Gasteiger partial charge is 0.497 e. The Labute approximate surface area is 134 Å². The van der Waals surface area contributed by atoms with E-state index in [1.165, 1.54) is 0 Å². The summed E-state index contributed by atoms with van der Waals surface area (Å²) in [7, 11) is 3.43. The zero-order valence-electron chi connectivity index (χ0n) is 14.5. The maximum absolute atomic E-state index is 5.86. The third-order valence-corrected chi connectivity index (χ3v) is 3.54. The molecule has 22 heavy (non-hydrogen) atoms. The molecule has 0 radical (unpaired) electrons. The lowest BCUT2D eigenvalue weighted by Crippen LogP contribution is -2.46. The smallest absolute Gasteiger partial charge is 0.191 e. The molecular formula is C17H29N3O2. The summed E-state index contributed by atoms with van der Waals surface area (Å²) in [6.07, 6.45) is 0.0290. The van der Waals surface area contributed by atoms with Crippen molar-refractivity contribution in [3.63, 3.8) is 0 Å². The lowest BCUT2D eigenvalue weighted by Gasteiger charge is -2.22. The minimum atomic E-state index is 0.0290. The fourth-order valence-corrected chi connectivity index (χ4v) is 1.75. The molecule has 2 N–H and O–H groups in total. The Hall–Kier alpha value is -1.91. The molecule has 0 saturated carbocycles. The molecule has 5 heteroatoms. The van der Waals surface area contributed by atoms with Gasteiger partial charge < -0.3 is 20.1 Å². The molecular weight excluding hydrogens is 278 g/mol. The molecule has 1 rings (SSSR count). The van der Waals surface area contributed by atoms with Gasteiger partial charge >= 0.3 is 0 Å². The van der Waals surface area contributed by atoms with Crippen molar-refractivity contribution in [2.75, 3.05) is 20.7 Å². The topological polar surface area (TPSA) is 54.9 Å². The second kappa shape index (κ2) is 9.18. The summed E-state index contributed by atoms with van der Waals surface area (Å²) in [5.74, 6) is 3.00. The van der Waals surface area contributed by atoms with Gasteiger partial charge in [-0.2, -0.15) is 0 Å². The Balaban J connectivity index is 2.41. The molecule has 124 valence electrons. The van der Waals surface area contributed by atoms with Gasteiger partial charge in [-0.25, -0.2) is 0 Å². The predicted octanol–water partition coefficient (Wildman–Crippen LogP) is 2.67. The van der Waals surface area contributed by atoms with E-state index in [1.807, 2.05) is 31.2 Å². The molecule has 0 aromatic heterocycles. The number of rotatable bonds is 7. The van der Waals surface area contributed by atoms with Crippen LogP contribution in [0.3, 0.4) is 0 Å². The Kier molecular flexibility index (Phi) is 7.57. The van der Waals surface area contributed by atoms with Crippen LogP contribution in [0.2, 0.25) is 0 Å². The van der Waals surface area contributed by atoms with E-state index in [0.29, 0.717) is 18.5 Å². The van der Waals surface area contributed by atoms with E-state index in [9.17, 15) is 0 Å². The summed E-state index contributed by atoms with van der Waals surface area (Å²) in [4.78, 5) is 4.23. The van der Waals surface area contributed by atoms with Crippen LogP contribution in [0.1, 0.15) is 27.7 Å². The van der Waals surface area contributed by atoms with Gasteiger partial charge in [0.05, 0.1) is 13.7 Å². The Morgan fingerprint density at radius 2 is 1.68 bits per heavy atom. The van der Waals surface area contributed by atoms with Gasteiger partial charge in [0.25, 0.3) is 0 Å². The van der Waals surface area contributed by atoms with Crippen LogP contribution in [-0.2, 0) is 0 Å². The van der Waals surface area contributed by atoms with Crippen LogP contribution >= 0.6 is 0 Å². The van der Waals surface area contributed by atoms with Gasteiger partial charge in [0.1, 0.15) is 17.6 Å². The molecule has 0 aliphatic heterocycles. The van der Waals surface area contributed by atoms with E-state index in [4.69, 9.17) is 9.47 Å². The highest BCUT2D eigenvalue weighted by atomic mass is 16.5. The van der Waals surface area contributed by atoms with Crippen LogP contribution in [0.4, 0.5) is 0 Å². The summed E-state index contributed by atoms with van der Waals surface area (Å²) in [5.41, 5.74) is 0. The summed E-state index contributed by atoms with van der Waals surface area (Å²) in [5, 5.41) is 6.65. The quantitative estimate of drug-likeness (QED) is 0.601. The molecule has 0 aliphatic carbocycles. The Morgan fingerprint density at radius 1 is 1.09 bits per heavy atom. The molecule has 1 aromatic rings. The molecule has 0 amide bonds. The van der Waals surface area contributed by atoms with Gasteiger partial charge in [-0.15, -0.1) is 0 Å². The number of hydrogen-bond donors (Lipinski definition) is 2. The highest BCUT2D eigenvalue weighted by Crippen LogP contribution is 2.17. The summed E-state index contributed by atoms with van der Waals surface area (Å²) in [6, 6.07) is 7.96. The molecule has 1 aromatic carbocycles. The van der Waals surface area contributed by atoms with Crippen molar-refractivity contribution >= 4 is 5.96 Å². The van der Waals surface area contributed by atoms with Gasteiger partial charge in [0.15, 0.2) is 5.96 Å². The highest BCUT2D eigenvalue weighted by molar-refractivity contribution is 5.79. The summed E-state index contributed by atoms with van der Waals surface area (Å²) in [6.45, 7) is 9.21. The third kappa shape index (κ3) is 6.24. The van der Waals surface area contributed by atoms with Crippen LogP contribution in [0.5, 0.6) is 11.5 Å². The van der Waals surface area contributed by atoms with E-state index in [-0.39, 0.29) is 6.10 Å². The number of aliphatic imine (C=N–C) groups is 1. The van der Waals surface area contributed by atoms with E-state index < -0.39 is 0 Å². The molecule has 5 nitrogen and oxygen atoms in total. The Morgan fingerprint density at radius 3 is 2.18 bits per heavy atom. The minimum absolute atomic E-state index is 0.0290. The lowest BCUT2D eigenvalue weighted by molar-refractivity contribution is 0.223. The average Bonchev–Trinajstić information content (AvgIpc) is 2.51. The predicted molar refractivity (Wildman–Crippen MR) is 91.9 cm³/mol. The molecule has 2 unspecified atom stereocenters. The molecule has 0 heterocycles. The number of nitrogens with zero attached hydrogens (tertiary/aromatic N) is 1. The van der Waals surface area contributed by atoms with Crippen LogP contribution < -0.4 is 20.1 Å². The first-order valence-corrected chi connectivity index (χ1v) is 7.74. The van der Waals surface area contributed by atoms with Crippen LogP contribution in [-0.4, -0.2) is 38.8 Å². The minimum Gasteiger partial charge on any atom is -0.497 e. The fraction of sp³-hybridized carbons (Fsp3) is 0.588. The standard InChI is InChI=1S/C17H29N3O2/c1-12(2)14(4)20-17(18-5)19-11-13(3)22-16-9-7-15(21-6)8-10-16/h7-10,12-14H,11H2,1-6H3,(H2,18,19,20). The van der Waals surface area contributed by atoms with Crippen LogP contribution in [0.25, 0.3) is 0 Å². The van der Waals surface area contributed by atoms with E-state index >= 15 is 0 Å². The van der Waals surface area contributed by atoms with Gasteiger partial charge in [-0.05, 0) is 44.0 Å². The third-order valence-electron chi connectivity index (χ3n) is 3.54. The first-order valence-electron chi connectivity index (χ1n) is 7.74. The first-order chi connectivity index (χ1) is 10.5. The van der Waals surface area contributed by atoms with E-state index in [0.717, 1.165) is 17.5 Å². The van der Waals surface area contributed by atoms with Crippen LogP contribution in [0.15, 0.2) is 29.3 Å². The van der Waals surface area contributed by atoms with Gasteiger partial charge in [0.2, 0.25) is 0 Å². The molecule has 0 saturated heterocycles. The maximum Gasteiger partial charge on any atom is 0.191 e. The van der Waals surface area contributed by atoms with Crippen molar-refractivity contribution in [1.82, 2.24) is 10.6 Å². The van der Waals surface area contributed by atoms with Crippen molar-refractivity contribution in [3.05, 3.63) is 24.3 Å². The number of nitrogens with one attached hydrogen (secondary N) is 2. The molecule has 0 aliphatic rings. The van der Waals surface area contributed by atoms with Crippen molar-refractivity contribution in [2.45, 2.75) is 39.8 Å². The Bertz CT molecular complexity index is 457. The lowest BCUT2D eigenvalue weighted by atomic mass is 10.1. The maximum atomic E-state index is 5.86. The number of guanidine groups is 1. The number of ether oxygens (including phenoxy) is 2. The zero-order chi connectivity index (χ0) is 16.5. The van der Waals surface area contributed by atoms with E-state index in [2.05, 4.69) is 36.4 Å². The molecule has 0 bridgehead atoms. The zero-order valence-corrected chi connectivity index (χ0v) is 14.5. The normalized spacial score (nSPS) is 14.4. The van der Waals surface area contributed by atoms with Crippen LogP contribution in [0, 0.1) is 5.92 Å². The fourth-order valence-electron chi connectivity index (χ4n) is 1.75. The van der Waals surface area contributed by atoms with Gasteiger partial charge in [-0.3, -0.25) is 4.99 Å². The second-order valence-electron chi connectivity index (χ2n) is 5.73. The van der Waals surface area contributed by atoms with Gasteiger partial charge in [0, 0.05) is 13.1 Å². The van der Waals surface area contributed by atoms with Crippen molar-refractivity contribution in [1.29, 1.82) is 0 Å². The highest BCUT2D eigenvalue weighted by Gasteiger charge is 2.10.